The summed E-state index contributed by atoms with van der Waals surface area (Å²) in [6.45, 7) is -0.304. The van der Waals surface area contributed by atoms with E-state index in [4.69, 9.17) is 14.4 Å². The molecule has 1 N–H and O–H groups in total. The van der Waals surface area contributed by atoms with Crippen LogP contribution in [0.25, 0.3) is 11.5 Å². The van der Waals surface area contributed by atoms with Crippen LogP contribution < -0.4 is 4.74 Å². The van der Waals surface area contributed by atoms with Crippen LogP contribution >= 0.6 is 0 Å². The molecule has 1 aromatic heterocycles. The molecular formula is C10H9FN2O3. The maximum atomic E-state index is 13.1. The van der Waals surface area contributed by atoms with E-state index in [1.165, 1.54) is 25.3 Å². The first-order valence-corrected chi connectivity index (χ1v) is 4.52. The lowest BCUT2D eigenvalue weighted by molar-refractivity contribution is 0.264. The molecular weight excluding hydrogens is 215 g/mol. The molecule has 0 aliphatic carbocycles. The first kappa shape index (κ1) is 10.6. The summed E-state index contributed by atoms with van der Waals surface area (Å²) in [5.41, 5.74) is 0.533. The van der Waals surface area contributed by atoms with E-state index in [1.54, 1.807) is 0 Å². The van der Waals surface area contributed by atoms with Gasteiger partial charge >= 0.3 is 0 Å². The van der Waals surface area contributed by atoms with Gasteiger partial charge in [-0.2, -0.15) is 4.98 Å². The number of ether oxygens (including phenoxy) is 1. The van der Waals surface area contributed by atoms with E-state index in [0.717, 1.165) is 0 Å². The Balaban J connectivity index is 2.40. The highest BCUT2D eigenvalue weighted by Gasteiger charge is 2.11. The topological polar surface area (TPSA) is 68.4 Å². The van der Waals surface area contributed by atoms with E-state index >= 15 is 0 Å². The Hall–Kier alpha value is -1.95. The van der Waals surface area contributed by atoms with Crippen LogP contribution in [0.5, 0.6) is 5.75 Å². The molecule has 0 bridgehead atoms. The van der Waals surface area contributed by atoms with Crippen molar-refractivity contribution in [2.45, 2.75) is 6.61 Å². The fourth-order valence-electron chi connectivity index (χ4n) is 1.23. The molecule has 0 radical (unpaired) electrons. The van der Waals surface area contributed by atoms with E-state index in [1.807, 2.05) is 0 Å². The van der Waals surface area contributed by atoms with Crippen molar-refractivity contribution < 1.29 is 18.8 Å². The molecule has 16 heavy (non-hydrogen) atoms. The first-order valence-electron chi connectivity index (χ1n) is 4.52. The van der Waals surface area contributed by atoms with Gasteiger partial charge in [0.2, 0.25) is 0 Å². The van der Waals surface area contributed by atoms with Crippen LogP contribution in [0, 0.1) is 5.82 Å². The Morgan fingerprint density at radius 3 is 2.94 bits per heavy atom. The average Bonchev–Trinajstić information content (AvgIpc) is 2.78. The zero-order valence-electron chi connectivity index (χ0n) is 8.48. The number of aliphatic hydroxyl groups excluding tert-OH is 1. The molecule has 6 heteroatoms. The number of benzene rings is 1. The Morgan fingerprint density at radius 1 is 1.50 bits per heavy atom. The van der Waals surface area contributed by atoms with Crippen LogP contribution in [-0.2, 0) is 6.61 Å². The highest BCUT2D eigenvalue weighted by molar-refractivity contribution is 5.55. The summed E-state index contributed by atoms with van der Waals surface area (Å²) in [7, 11) is 1.37. The molecule has 0 amide bonds. The van der Waals surface area contributed by atoms with Crippen molar-refractivity contribution in [1.29, 1.82) is 0 Å². The molecule has 2 rings (SSSR count). The van der Waals surface area contributed by atoms with Gasteiger partial charge in [-0.15, -0.1) is 0 Å². The van der Waals surface area contributed by atoms with Gasteiger partial charge in [-0.25, -0.2) is 4.39 Å². The number of hydrogen-bond acceptors (Lipinski definition) is 5. The second kappa shape index (κ2) is 4.28. The Kier molecular flexibility index (Phi) is 2.82. The third-order valence-corrected chi connectivity index (χ3v) is 2.01. The third kappa shape index (κ3) is 1.87. The molecule has 0 aliphatic heterocycles. The van der Waals surface area contributed by atoms with E-state index in [0.29, 0.717) is 5.56 Å². The summed E-state index contributed by atoms with van der Waals surface area (Å²) in [6.07, 6.45) is 0. The summed E-state index contributed by atoms with van der Waals surface area (Å²) >= 11 is 0. The standard InChI is InChI=1S/C10H9FN2O3/c1-15-8-4-6(2-3-7(8)11)10-12-9(5-14)13-16-10/h2-4,14H,5H2,1H3. The van der Waals surface area contributed by atoms with Gasteiger partial charge in [0.15, 0.2) is 17.4 Å². The van der Waals surface area contributed by atoms with E-state index < -0.39 is 5.82 Å². The molecule has 0 aliphatic rings. The lowest BCUT2D eigenvalue weighted by Gasteiger charge is -2.02. The smallest absolute Gasteiger partial charge is 0.258 e. The highest BCUT2D eigenvalue weighted by atomic mass is 19.1. The van der Waals surface area contributed by atoms with Gasteiger partial charge in [0.1, 0.15) is 6.61 Å². The van der Waals surface area contributed by atoms with Crippen molar-refractivity contribution in [2.24, 2.45) is 0 Å². The number of methoxy groups -OCH3 is 1. The SMILES string of the molecule is COc1cc(-c2nc(CO)no2)ccc1F. The van der Waals surface area contributed by atoms with Crippen LogP contribution in [-0.4, -0.2) is 22.4 Å². The number of hydrogen-bond donors (Lipinski definition) is 1. The predicted octanol–water partition coefficient (Wildman–Crippen LogP) is 1.38. The number of aliphatic hydroxyl groups is 1. The van der Waals surface area contributed by atoms with E-state index in [9.17, 15) is 4.39 Å². The van der Waals surface area contributed by atoms with Gasteiger partial charge in [-0.3, -0.25) is 0 Å². The summed E-state index contributed by atoms with van der Waals surface area (Å²) in [5, 5.41) is 12.3. The van der Waals surface area contributed by atoms with E-state index in [-0.39, 0.29) is 24.1 Å². The van der Waals surface area contributed by atoms with Gasteiger partial charge in [0.25, 0.3) is 5.89 Å². The molecule has 1 heterocycles. The molecule has 0 unspecified atom stereocenters. The van der Waals surface area contributed by atoms with Crippen molar-refractivity contribution >= 4 is 0 Å². The maximum absolute atomic E-state index is 13.1. The van der Waals surface area contributed by atoms with Gasteiger partial charge in [0.05, 0.1) is 7.11 Å². The fourth-order valence-corrected chi connectivity index (χ4v) is 1.23. The molecule has 0 spiro atoms. The maximum Gasteiger partial charge on any atom is 0.258 e. The average molecular weight is 224 g/mol. The predicted molar refractivity (Wildman–Crippen MR) is 52.2 cm³/mol. The zero-order valence-corrected chi connectivity index (χ0v) is 8.48. The van der Waals surface area contributed by atoms with Crippen LogP contribution in [0.1, 0.15) is 5.82 Å². The summed E-state index contributed by atoms with van der Waals surface area (Å²) in [6, 6.07) is 4.19. The molecule has 5 nitrogen and oxygen atoms in total. The largest absolute Gasteiger partial charge is 0.494 e. The van der Waals surface area contributed by atoms with Crippen molar-refractivity contribution in [1.82, 2.24) is 10.1 Å². The van der Waals surface area contributed by atoms with Crippen molar-refractivity contribution in [3.8, 4) is 17.2 Å². The Labute approximate surface area is 90.5 Å². The van der Waals surface area contributed by atoms with Crippen molar-refractivity contribution in [3.63, 3.8) is 0 Å². The molecule has 0 fully saturated rings. The summed E-state index contributed by atoms with van der Waals surface area (Å²) in [5.74, 6) is 0.0232. The van der Waals surface area contributed by atoms with Crippen LogP contribution in [0.15, 0.2) is 22.7 Å². The monoisotopic (exact) mass is 224 g/mol. The zero-order chi connectivity index (χ0) is 11.5. The molecule has 0 saturated carbocycles. The normalized spacial score (nSPS) is 10.4. The molecule has 2 aromatic rings. The minimum atomic E-state index is -0.465. The number of nitrogens with zero attached hydrogens (tertiary/aromatic N) is 2. The summed E-state index contributed by atoms with van der Waals surface area (Å²) < 4.78 is 22.8. The van der Waals surface area contributed by atoms with Gasteiger partial charge in [-0.05, 0) is 18.2 Å². The van der Waals surface area contributed by atoms with Crippen LogP contribution in [0.2, 0.25) is 0 Å². The lowest BCUT2D eigenvalue weighted by atomic mass is 10.2. The summed E-state index contributed by atoms with van der Waals surface area (Å²) in [4.78, 5) is 3.90. The molecule has 1 aromatic carbocycles. The third-order valence-electron chi connectivity index (χ3n) is 2.01. The minimum Gasteiger partial charge on any atom is -0.494 e. The Bertz CT molecular complexity index is 499. The quantitative estimate of drug-likeness (QED) is 0.852. The minimum absolute atomic E-state index is 0.0984. The first-order chi connectivity index (χ1) is 7.74. The van der Waals surface area contributed by atoms with Crippen molar-refractivity contribution in [3.05, 3.63) is 29.8 Å². The number of aromatic nitrogens is 2. The van der Waals surface area contributed by atoms with E-state index in [2.05, 4.69) is 10.1 Å². The van der Waals surface area contributed by atoms with Gasteiger partial charge in [0, 0.05) is 5.56 Å². The highest BCUT2D eigenvalue weighted by Crippen LogP contribution is 2.24. The van der Waals surface area contributed by atoms with Gasteiger partial charge < -0.3 is 14.4 Å². The molecule has 0 atom stereocenters. The number of rotatable bonds is 3. The Morgan fingerprint density at radius 2 is 2.31 bits per heavy atom. The molecule has 0 saturated heterocycles. The van der Waals surface area contributed by atoms with Crippen LogP contribution in [0.4, 0.5) is 4.39 Å². The number of halogens is 1. The van der Waals surface area contributed by atoms with Crippen LogP contribution in [0.3, 0.4) is 0 Å². The lowest BCUT2D eigenvalue weighted by Crippen LogP contribution is -1.89. The second-order valence-corrected chi connectivity index (χ2v) is 3.02. The second-order valence-electron chi connectivity index (χ2n) is 3.02. The van der Waals surface area contributed by atoms with Crippen molar-refractivity contribution in [2.75, 3.05) is 7.11 Å². The molecule has 84 valence electrons. The fraction of sp³-hybridized carbons (Fsp3) is 0.200. The van der Waals surface area contributed by atoms with Gasteiger partial charge in [-0.1, -0.05) is 5.16 Å².